The molecule has 1 rings (SSSR count). The van der Waals surface area contributed by atoms with Gasteiger partial charge in [-0.15, -0.1) is 11.8 Å². The first-order chi connectivity index (χ1) is 8.00. The first kappa shape index (κ1) is 14.0. The summed E-state index contributed by atoms with van der Waals surface area (Å²) in [6.07, 6.45) is 1.08. The standard InChI is InChI=1S/C12H15F2NOS/c1-15(2)12(16)4-3-7-17-11-8-9(13)5-6-10(11)14/h5-6,8H,3-4,7H2,1-2H3. The van der Waals surface area contributed by atoms with Gasteiger partial charge in [0.2, 0.25) is 5.91 Å². The molecule has 0 radical (unpaired) electrons. The van der Waals surface area contributed by atoms with Crippen LogP contribution in [0, 0.1) is 11.6 Å². The van der Waals surface area contributed by atoms with E-state index in [-0.39, 0.29) is 5.91 Å². The first-order valence-corrected chi connectivity index (χ1v) is 6.27. The lowest BCUT2D eigenvalue weighted by Crippen LogP contribution is -2.21. The fourth-order valence-corrected chi connectivity index (χ4v) is 2.13. The number of carbonyl (C=O) groups is 1. The van der Waals surface area contributed by atoms with Crippen LogP contribution in [-0.2, 0) is 4.79 Å². The van der Waals surface area contributed by atoms with Gasteiger partial charge in [0, 0.05) is 25.4 Å². The van der Waals surface area contributed by atoms with Gasteiger partial charge < -0.3 is 4.90 Å². The van der Waals surface area contributed by atoms with E-state index in [1.54, 1.807) is 14.1 Å². The van der Waals surface area contributed by atoms with Crippen molar-refractivity contribution in [1.29, 1.82) is 0 Å². The monoisotopic (exact) mass is 259 g/mol. The van der Waals surface area contributed by atoms with Crippen LogP contribution < -0.4 is 0 Å². The molecule has 1 aromatic carbocycles. The molecule has 17 heavy (non-hydrogen) atoms. The third-order valence-electron chi connectivity index (χ3n) is 2.18. The minimum Gasteiger partial charge on any atom is -0.349 e. The highest BCUT2D eigenvalue weighted by Crippen LogP contribution is 2.23. The molecule has 0 aliphatic heterocycles. The van der Waals surface area contributed by atoms with E-state index in [9.17, 15) is 13.6 Å². The Hall–Kier alpha value is -1.10. The number of halogens is 2. The number of nitrogens with zero attached hydrogens (tertiary/aromatic N) is 1. The Morgan fingerprint density at radius 3 is 2.71 bits per heavy atom. The molecule has 0 aliphatic rings. The smallest absolute Gasteiger partial charge is 0.222 e. The molecule has 0 atom stereocenters. The zero-order valence-corrected chi connectivity index (χ0v) is 10.7. The number of hydrogen-bond donors (Lipinski definition) is 0. The van der Waals surface area contributed by atoms with Crippen molar-refractivity contribution in [3.63, 3.8) is 0 Å². The fraction of sp³-hybridized carbons (Fsp3) is 0.417. The van der Waals surface area contributed by atoms with Crippen molar-refractivity contribution < 1.29 is 13.6 Å². The zero-order valence-electron chi connectivity index (χ0n) is 9.87. The van der Waals surface area contributed by atoms with Gasteiger partial charge in [-0.05, 0) is 30.4 Å². The Morgan fingerprint density at radius 1 is 1.35 bits per heavy atom. The zero-order chi connectivity index (χ0) is 12.8. The highest BCUT2D eigenvalue weighted by atomic mass is 32.2. The van der Waals surface area contributed by atoms with Gasteiger partial charge >= 0.3 is 0 Å². The van der Waals surface area contributed by atoms with Crippen LogP contribution >= 0.6 is 11.8 Å². The molecule has 5 heteroatoms. The molecule has 2 nitrogen and oxygen atoms in total. The Bertz CT molecular complexity index is 396. The number of hydrogen-bond acceptors (Lipinski definition) is 2. The van der Waals surface area contributed by atoms with Crippen molar-refractivity contribution in [1.82, 2.24) is 4.90 Å². The second-order valence-electron chi connectivity index (χ2n) is 3.81. The molecule has 0 aromatic heterocycles. The largest absolute Gasteiger partial charge is 0.349 e. The van der Waals surface area contributed by atoms with Crippen LogP contribution in [0.5, 0.6) is 0 Å². The SMILES string of the molecule is CN(C)C(=O)CCCSc1cc(F)ccc1F. The molecule has 0 saturated carbocycles. The molecule has 0 heterocycles. The van der Waals surface area contributed by atoms with Gasteiger partial charge in [0.05, 0.1) is 0 Å². The molecular formula is C12H15F2NOS. The van der Waals surface area contributed by atoms with Crippen LogP contribution in [-0.4, -0.2) is 30.7 Å². The maximum absolute atomic E-state index is 13.2. The van der Waals surface area contributed by atoms with Gasteiger partial charge in [-0.2, -0.15) is 0 Å². The number of amides is 1. The molecule has 0 fully saturated rings. The summed E-state index contributed by atoms with van der Waals surface area (Å²) in [6.45, 7) is 0. The lowest BCUT2D eigenvalue weighted by atomic mass is 10.3. The summed E-state index contributed by atoms with van der Waals surface area (Å²) in [5, 5.41) is 0. The minimum absolute atomic E-state index is 0.0466. The van der Waals surface area contributed by atoms with E-state index in [1.165, 1.54) is 22.7 Å². The number of rotatable bonds is 5. The predicted molar refractivity (Wildman–Crippen MR) is 65.0 cm³/mol. The average molecular weight is 259 g/mol. The Balaban J connectivity index is 2.36. The highest BCUT2D eigenvalue weighted by Gasteiger charge is 2.06. The van der Waals surface area contributed by atoms with Crippen LogP contribution in [0.15, 0.2) is 23.1 Å². The first-order valence-electron chi connectivity index (χ1n) is 5.28. The van der Waals surface area contributed by atoms with Gasteiger partial charge in [-0.3, -0.25) is 4.79 Å². The van der Waals surface area contributed by atoms with Crippen LogP contribution in [0.3, 0.4) is 0 Å². The summed E-state index contributed by atoms with van der Waals surface area (Å²) < 4.78 is 26.1. The maximum atomic E-state index is 13.2. The van der Waals surface area contributed by atoms with E-state index < -0.39 is 11.6 Å². The summed E-state index contributed by atoms with van der Waals surface area (Å²) in [4.78, 5) is 13.1. The lowest BCUT2D eigenvalue weighted by molar-refractivity contribution is -0.128. The van der Waals surface area contributed by atoms with Crippen LogP contribution in [0.2, 0.25) is 0 Å². The van der Waals surface area contributed by atoms with Crippen molar-refractivity contribution in [2.75, 3.05) is 19.8 Å². The number of carbonyl (C=O) groups excluding carboxylic acids is 1. The van der Waals surface area contributed by atoms with E-state index in [4.69, 9.17) is 0 Å². The van der Waals surface area contributed by atoms with E-state index in [1.807, 2.05) is 0 Å². The molecule has 0 aliphatic carbocycles. The van der Waals surface area contributed by atoms with Crippen LogP contribution in [0.1, 0.15) is 12.8 Å². The normalized spacial score (nSPS) is 10.4. The quantitative estimate of drug-likeness (QED) is 0.598. The van der Waals surface area contributed by atoms with Gasteiger partial charge in [0.15, 0.2) is 0 Å². The third-order valence-corrected chi connectivity index (χ3v) is 3.30. The van der Waals surface area contributed by atoms with E-state index >= 15 is 0 Å². The summed E-state index contributed by atoms with van der Waals surface area (Å²) >= 11 is 1.23. The topological polar surface area (TPSA) is 20.3 Å². The molecular weight excluding hydrogens is 244 g/mol. The van der Waals surface area contributed by atoms with Gasteiger partial charge in [-0.25, -0.2) is 8.78 Å². The van der Waals surface area contributed by atoms with Crippen molar-refractivity contribution >= 4 is 17.7 Å². The molecule has 94 valence electrons. The van der Waals surface area contributed by atoms with Crippen molar-refractivity contribution in [3.8, 4) is 0 Å². The number of thioether (sulfide) groups is 1. The van der Waals surface area contributed by atoms with Gasteiger partial charge in [-0.1, -0.05) is 0 Å². The van der Waals surface area contributed by atoms with E-state index in [0.717, 1.165) is 12.1 Å². The van der Waals surface area contributed by atoms with E-state index in [2.05, 4.69) is 0 Å². The summed E-state index contributed by atoms with van der Waals surface area (Å²) in [6, 6.07) is 3.38. The molecule has 0 saturated heterocycles. The molecule has 0 bridgehead atoms. The molecule has 0 spiro atoms. The highest BCUT2D eigenvalue weighted by molar-refractivity contribution is 7.99. The van der Waals surface area contributed by atoms with Crippen molar-refractivity contribution in [2.45, 2.75) is 17.7 Å². The maximum Gasteiger partial charge on any atom is 0.222 e. The summed E-state index contributed by atoms with van der Waals surface area (Å²) in [5.41, 5.74) is 0. The Labute approximate surface area is 104 Å². The second-order valence-corrected chi connectivity index (χ2v) is 4.95. The van der Waals surface area contributed by atoms with Gasteiger partial charge in [0.25, 0.3) is 0 Å². The molecule has 1 amide bonds. The second kappa shape index (κ2) is 6.59. The lowest BCUT2D eigenvalue weighted by Gasteiger charge is -2.09. The van der Waals surface area contributed by atoms with Crippen molar-refractivity contribution in [2.24, 2.45) is 0 Å². The third kappa shape index (κ3) is 4.73. The number of benzene rings is 1. The van der Waals surface area contributed by atoms with Crippen LogP contribution in [0.4, 0.5) is 8.78 Å². The van der Waals surface area contributed by atoms with Crippen LogP contribution in [0.25, 0.3) is 0 Å². The summed E-state index contributed by atoms with van der Waals surface area (Å²) in [5.74, 6) is -0.223. The summed E-state index contributed by atoms with van der Waals surface area (Å²) in [7, 11) is 3.39. The van der Waals surface area contributed by atoms with Crippen molar-refractivity contribution in [3.05, 3.63) is 29.8 Å². The average Bonchev–Trinajstić information content (AvgIpc) is 2.28. The molecule has 0 unspecified atom stereocenters. The Kier molecular flexibility index (Phi) is 5.41. The van der Waals surface area contributed by atoms with E-state index in [0.29, 0.717) is 23.5 Å². The fourth-order valence-electron chi connectivity index (χ4n) is 1.22. The minimum atomic E-state index is -0.446. The Morgan fingerprint density at radius 2 is 2.06 bits per heavy atom. The van der Waals surface area contributed by atoms with Gasteiger partial charge in [0.1, 0.15) is 11.6 Å². The molecule has 0 N–H and O–H groups in total. The predicted octanol–water partition coefficient (Wildman–Crippen LogP) is 2.93. The molecule has 1 aromatic rings.